The summed E-state index contributed by atoms with van der Waals surface area (Å²) in [5, 5.41) is 14.6. The predicted octanol–water partition coefficient (Wildman–Crippen LogP) is 4.56. The summed E-state index contributed by atoms with van der Waals surface area (Å²) >= 11 is 0. The van der Waals surface area contributed by atoms with Gasteiger partial charge in [-0.3, -0.25) is 4.98 Å². The van der Waals surface area contributed by atoms with Crippen molar-refractivity contribution in [2.24, 2.45) is 5.16 Å². The number of aliphatic hydroxyl groups is 1. The van der Waals surface area contributed by atoms with Crippen LogP contribution in [0, 0.1) is 5.82 Å². The third-order valence-electron chi connectivity index (χ3n) is 6.11. The van der Waals surface area contributed by atoms with Gasteiger partial charge in [-0.25, -0.2) is 4.39 Å². The van der Waals surface area contributed by atoms with Crippen LogP contribution in [0.2, 0.25) is 0 Å². The first-order valence-electron chi connectivity index (χ1n) is 10.9. The van der Waals surface area contributed by atoms with Gasteiger partial charge in [0.25, 0.3) is 5.72 Å². The molecule has 33 heavy (non-hydrogen) atoms. The zero-order valence-corrected chi connectivity index (χ0v) is 18.2. The molecule has 0 amide bonds. The lowest BCUT2D eigenvalue weighted by molar-refractivity contribution is -0.137. The lowest BCUT2D eigenvalue weighted by Gasteiger charge is -2.38. The molecule has 1 fully saturated rings. The number of hydrogen-bond acceptors (Lipinski definition) is 6. The Hall–Kier alpha value is -3.71. The molecular weight excluding hydrogens is 421 g/mol. The van der Waals surface area contributed by atoms with E-state index in [1.165, 1.54) is 12.1 Å². The number of rotatable bonds is 5. The molecule has 1 aromatic heterocycles. The number of nitrogens with zero attached hydrogens (tertiary/aromatic N) is 3. The van der Waals surface area contributed by atoms with Crippen molar-refractivity contribution < 1.29 is 19.1 Å². The van der Waals surface area contributed by atoms with Gasteiger partial charge in [0.2, 0.25) is 0 Å². The Morgan fingerprint density at radius 1 is 1.18 bits per heavy atom. The van der Waals surface area contributed by atoms with Crippen LogP contribution < -0.4 is 4.74 Å². The fourth-order valence-electron chi connectivity index (χ4n) is 4.44. The first-order valence-corrected chi connectivity index (χ1v) is 10.9. The van der Waals surface area contributed by atoms with E-state index in [1.54, 1.807) is 25.4 Å². The molecular formula is C26H24FN3O3. The molecule has 3 heterocycles. The van der Waals surface area contributed by atoms with Crippen LogP contribution in [0.4, 0.5) is 4.39 Å². The molecule has 0 aliphatic carbocycles. The van der Waals surface area contributed by atoms with Gasteiger partial charge in [0.1, 0.15) is 18.2 Å². The molecule has 2 aliphatic rings. The van der Waals surface area contributed by atoms with Gasteiger partial charge in [-0.1, -0.05) is 17.3 Å². The lowest BCUT2D eigenvalue weighted by Crippen LogP contribution is -2.51. The topological polar surface area (TPSA) is 67.2 Å². The second kappa shape index (κ2) is 8.67. The first kappa shape index (κ1) is 21.2. The smallest absolute Gasteiger partial charge is 0.260 e. The van der Waals surface area contributed by atoms with Crippen LogP contribution in [0.25, 0.3) is 17.3 Å². The molecule has 1 atom stereocenters. The molecule has 2 aliphatic heterocycles. The Morgan fingerprint density at radius 3 is 2.76 bits per heavy atom. The minimum atomic E-state index is -1.15. The van der Waals surface area contributed by atoms with Gasteiger partial charge in [0, 0.05) is 23.9 Å². The van der Waals surface area contributed by atoms with E-state index in [0.717, 1.165) is 41.0 Å². The number of aliphatic hydroxyl groups excluding tert-OH is 1. The zero-order chi connectivity index (χ0) is 22.8. The van der Waals surface area contributed by atoms with Crippen molar-refractivity contribution in [1.82, 2.24) is 9.88 Å². The van der Waals surface area contributed by atoms with Crippen molar-refractivity contribution in [3.05, 3.63) is 89.4 Å². The summed E-state index contributed by atoms with van der Waals surface area (Å²) in [6.07, 6.45) is 5.53. The number of piperidine rings is 1. The number of hydrogen-bond donors (Lipinski definition) is 1. The standard InChI is InChI=1S/C26H24FN3O3/c1-32-24-16-18(7-12-22(24)23-6-2-3-13-28-23)15-19-5-4-14-30-25(19)29-33-26(30,17-31)20-8-10-21(27)11-9-20/h2-3,6-13,15-16,31H,4-5,14,17H2,1H3/b19-15+. The summed E-state index contributed by atoms with van der Waals surface area (Å²) in [7, 11) is 1.65. The normalized spacial score (nSPS) is 20.9. The summed E-state index contributed by atoms with van der Waals surface area (Å²) in [5.41, 5.74) is 3.25. The number of fused-ring (bicyclic) bond motifs is 1. The van der Waals surface area contributed by atoms with Crippen LogP contribution in [-0.2, 0) is 10.6 Å². The fraction of sp³-hybridized carbons (Fsp3) is 0.231. The summed E-state index contributed by atoms with van der Waals surface area (Å²) in [4.78, 5) is 12.2. The molecule has 6 nitrogen and oxygen atoms in total. The minimum Gasteiger partial charge on any atom is -0.496 e. The Bertz CT molecular complexity index is 1210. The van der Waals surface area contributed by atoms with Crippen LogP contribution in [-0.4, -0.2) is 41.1 Å². The SMILES string of the molecule is COc1cc(/C=C2\CCCN3C2=NOC3(CO)c2ccc(F)cc2)ccc1-c1ccccn1. The van der Waals surface area contributed by atoms with Gasteiger partial charge in [0.15, 0.2) is 5.84 Å². The van der Waals surface area contributed by atoms with E-state index in [9.17, 15) is 9.50 Å². The largest absolute Gasteiger partial charge is 0.496 e. The third kappa shape index (κ3) is 3.74. The highest BCUT2D eigenvalue weighted by Crippen LogP contribution is 2.40. The van der Waals surface area contributed by atoms with E-state index < -0.39 is 5.72 Å². The van der Waals surface area contributed by atoms with E-state index >= 15 is 0 Å². The van der Waals surface area contributed by atoms with E-state index in [2.05, 4.69) is 16.2 Å². The number of methoxy groups -OCH3 is 1. The predicted molar refractivity (Wildman–Crippen MR) is 124 cm³/mol. The maximum atomic E-state index is 13.5. The maximum Gasteiger partial charge on any atom is 0.260 e. The van der Waals surface area contributed by atoms with E-state index in [0.29, 0.717) is 17.9 Å². The number of pyridine rings is 1. The monoisotopic (exact) mass is 445 g/mol. The van der Waals surface area contributed by atoms with Crippen LogP contribution in [0.15, 0.2) is 77.6 Å². The van der Waals surface area contributed by atoms with Gasteiger partial charge in [0.05, 0.1) is 12.8 Å². The van der Waals surface area contributed by atoms with Crippen molar-refractivity contribution in [1.29, 1.82) is 0 Å². The highest BCUT2D eigenvalue weighted by atomic mass is 19.1. The maximum absolute atomic E-state index is 13.5. The average molecular weight is 445 g/mol. The Morgan fingerprint density at radius 2 is 2.03 bits per heavy atom. The summed E-state index contributed by atoms with van der Waals surface area (Å²) in [5.74, 6) is 1.08. The molecule has 3 aromatic rings. The molecule has 168 valence electrons. The molecule has 7 heteroatoms. The van der Waals surface area contributed by atoms with E-state index in [-0.39, 0.29) is 12.4 Å². The van der Waals surface area contributed by atoms with Gasteiger partial charge < -0.3 is 19.6 Å². The third-order valence-corrected chi connectivity index (χ3v) is 6.11. The first-order chi connectivity index (χ1) is 16.1. The molecule has 0 bridgehead atoms. The minimum absolute atomic E-state index is 0.300. The van der Waals surface area contributed by atoms with Crippen LogP contribution in [0.5, 0.6) is 5.75 Å². The Balaban J connectivity index is 1.47. The van der Waals surface area contributed by atoms with Crippen molar-refractivity contribution in [3.8, 4) is 17.0 Å². The summed E-state index contributed by atoms with van der Waals surface area (Å²) in [6, 6.07) is 17.8. The number of halogens is 1. The quantitative estimate of drug-likeness (QED) is 0.624. The highest BCUT2D eigenvalue weighted by Gasteiger charge is 2.49. The highest BCUT2D eigenvalue weighted by molar-refractivity contribution is 6.03. The fourth-order valence-corrected chi connectivity index (χ4v) is 4.44. The van der Waals surface area contributed by atoms with Crippen molar-refractivity contribution >= 4 is 11.9 Å². The van der Waals surface area contributed by atoms with E-state index in [4.69, 9.17) is 9.57 Å². The number of benzene rings is 2. The van der Waals surface area contributed by atoms with E-state index in [1.807, 2.05) is 41.3 Å². The molecule has 1 unspecified atom stereocenters. The number of ether oxygens (including phenoxy) is 1. The van der Waals surface area contributed by atoms with Crippen molar-refractivity contribution in [3.63, 3.8) is 0 Å². The summed E-state index contributed by atoms with van der Waals surface area (Å²) in [6.45, 7) is 0.377. The molecule has 1 N–H and O–H groups in total. The zero-order valence-electron chi connectivity index (χ0n) is 18.2. The van der Waals surface area contributed by atoms with Gasteiger partial charge >= 0.3 is 0 Å². The Labute approximate surface area is 191 Å². The molecule has 5 rings (SSSR count). The number of amidine groups is 1. The van der Waals surface area contributed by atoms with Gasteiger partial charge in [-0.2, -0.15) is 0 Å². The molecule has 2 aromatic carbocycles. The average Bonchev–Trinajstić information content (AvgIpc) is 3.26. The van der Waals surface area contributed by atoms with Crippen LogP contribution in [0.3, 0.4) is 0 Å². The van der Waals surface area contributed by atoms with Gasteiger partial charge in [-0.05, 0) is 78.6 Å². The number of oxime groups is 1. The number of aromatic nitrogens is 1. The molecule has 0 spiro atoms. The summed E-state index contributed by atoms with van der Waals surface area (Å²) < 4.78 is 19.1. The van der Waals surface area contributed by atoms with Crippen molar-refractivity contribution in [2.75, 3.05) is 20.3 Å². The van der Waals surface area contributed by atoms with Crippen molar-refractivity contribution in [2.45, 2.75) is 18.6 Å². The molecule has 0 saturated carbocycles. The second-order valence-electron chi connectivity index (χ2n) is 8.06. The molecule has 1 saturated heterocycles. The van der Waals surface area contributed by atoms with Gasteiger partial charge in [-0.15, -0.1) is 0 Å². The van der Waals surface area contributed by atoms with Crippen LogP contribution >= 0.6 is 0 Å². The van der Waals surface area contributed by atoms with Crippen LogP contribution in [0.1, 0.15) is 24.0 Å². The lowest BCUT2D eigenvalue weighted by atomic mass is 9.94. The second-order valence-corrected chi connectivity index (χ2v) is 8.06. The molecule has 0 radical (unpaired) electrons. The Kier molecular flexibility index (Phi) is 5.56.